The van der Waals surface area contributed by atoms with Crippen LogP contribution in [0.3, 0.4) is 0 Å². The van der Waals surface area contributed by atoms with Crippen LogP contribution in [0, 0.1) is 5.41 Å². The van der Waals surface area contributed by atoms with Crippen LogP contribution in [0.5, 0.6) is 0 Å². The van der Waals surface area contributed by atoms with Gasteiger partial charge in [0.1, 0.15) is 6.10 Å². The van der Waals surface area contributed by atoms with E-state index in [4.69, 9.17) is 4.74 Å². The predicted molar refractivity (Wildman–Crippen MR) is 112 cm³/mol. The minimum atomic E-state index is -0.444. The van der Waals surface area contributed by atoms with Crippen LogP contribution < -0.4 is 0 Å². The number of cyclic esters (lactones) is 1. The number of hydrogen-bond donors (Lipinski definition) is 2. The number of esters is 1. The summed E-state index contributed by atoms with van der Waals surface area (Å²) in [5.74, 6) is -0.0689. The van der Waals surface area contributed by atoms with Gasteiger partial charge in [-0.05, 0) is 49.3 Å². The molecule has 3 aliphatic rings. The van der Waals surface area contributed by atoms with Crippen LogP contribution >= 0.6 is 0 Å². The van der Waals surface area contributed by atoms with E-state index in [1.807, 2.05) is 35.4 Å². The second kappa shape index (κ2) is 7.71. The molecule has 7 nitrogen and oxygen atoms in total. The number of nitrogens with one attached hydrogen (secondary N) is 1. The lowest BCUT2D eigenvalue weighted by Gasteiger charge is -2.36. The number of aromatic amines is 1. The quantitative estimate of drug-likeness (QED) is 0.756. The first-order valence-electron chi connectivity index (χ1n) is 11.0. The van der Waals surface area contributed by atoms with E-state index in [0.717, 1.165) is 49.8 Å². The molecule has 7 heteroatoms. The van der Waals surface area contributed by atoms with Gasteiger partial charge in [-0.1, -0.05) is 6.07 Å². The molecule has 5 rings (SSSR count). The van der Waals surface area contributed by atoms with E-state index in [-0.39, 0.29) is 24.1 Å². The first-order chi connectivity index (χ1) is 14.5. The Morgan fingerprint density at radius 3 is 2.70 bits per heavy atom. The highest BCUT2D eigenvalue weighted by Gasteiger charge is 2.51. The first-order valence-corrected chi connectivity index (χ1v) is 11.0. The van der Waals surface area contributed by atoms with E-state index < -0.39 is 5.41 Å². The Bertz CT molecular complexity index is 939. The lowest BCUT2D eigenvalue weighted by Crippen LogP contribution is -2.45. The zero-order chi connectivity index (χ0) is 20.7. The highest BCUT2D eigenvalue weighted by Crippen LogP contribution is 2.43. The number of piperidine rings is 2. The number of amides is 1. The molecule has 30 heavy (non-hydrogen) atoms. The number of aromatic nitrogens is 1. The van der Waals surface area contributed by atoms with Gasteiger partial charge in [-0.15, -0.1) is 0 Å². The maximum Gasteiger partial charge on any atom is 0.312 e. The number of nitrogens with zero attached hydrogens (tertiary/aromatic N) is 2. The number of hydrogen-bond acceptors (Lipinski definition) is 5. The SMILES string of the molecule is O=C(c1ccc2cc[nH]c2c1)N1CCC2(CC1)CC(CN1CCC(O)CC1)OC2=O. The summed E-state index contributed by atoms with van der Waals surface area (Å²) in [5.41, 5.74) is 1.20. The highest BCUT2D eigenvalue weighted by atomic mass is 16.6. The summed E-state index contributed by atoms with van der Waals surface area (Å²) in [5, 5.41) is 10.8. The van der Waals surface area contributed by atoms with Crippen molar-refractivity contribution in [2.75, 3.05) is 32.7 Å². The van der Waals surface area contributed by atoms with E-state index >= 15 is 0 Å². The van der Waals surface area contributed by atoms with Gasteiger partial charge in [0.25, 0.3) is 5.91 Å². The van der Waals surface area contributed by atoms with Gasteiger partial charge in [-0.2, -0.15) is 0 Å². The van der Waals surface area contributed by atoms with Crippen molar-refractivity contribution >= 4 is 22.8 Å². The normalized spacial score (nSPS) is 25.2. The van der Waals surface area contributed by atoms with Crippen molar-refractivity contribution in [2.24, 2.45) is 5.41 Å². The average Bonchev–Trinajstić information content (AvgIpc) is 3.34. The third-order valence-electron chi connectivity index (χ3n) is 7.15. The second-order valence-electron chi connectivity index (χ2n) is 9.12. The molecular formula is C23H29N3O4. The summed E-state index contributed by atoms with van der Waals surface area (Å²) < 4.78 is 5.75. The number of benzene rings is 1. The molecule has 2 N–H and O–H groups in total. The maximum absolute atomic E-state index is 13.0. The molecule has 4 heterocycles. The Labute approximate surface area is 176 Å². The third-order valence-corrected chi connectivity index (χ3v) is 7.15. The molecule has 3 aliphatic heterocycles. The molecule has 3 saturated heterocycles. The third kappa shape index (κ3) is 3.61. The number of fused-ring (bicyclic) bond motifs is 1. The van der Waals surface area contributed by atoms with Crippen LogP contribution in [0.1, 0.15) is 42.5 Å². The van der Waals surface area contributed by atoms with E-state index in [1.165, 1.54) is 0 Å². The van der Waals surface area contributed by atoms with Crippen LogP contribution in [0.2, 0.25) is 0 Å². The summed E-state index contributed by atoms with van der Waals surface area (Å²) in [7, 11) is 0. The van der Waals surface area contributed by atoms with E-state index in [9.17, 15) is 14.7 Å². The Hall–Kier alpha value is -2.38. The van der Waals surface area contributed by atoms with Crippen LogP contribution in [0.25, 0.3) is 10.9 Å². The molecule has 1 aromatic carbocycles. The molecule has 2 aromatic rings. The fraction of sp³-hybridized carbons (Fsp3) is 0.565. The fourth-order valence-electron chi connectivity index (χ4n) is 5.24. The second-order valence-corrected chi connectivity index (χ2v) is 9.12. The Morgan fingerprint density at radius 1 is 1.17 bits per heavy atom. The molecule has 0 saturated carbocycles. The predicted octanol–water partition coefficient (Wildman–Crippen LogP) is 2.16. The molecule has 1 unspecified atom stereocenters. The van der Waals surface area contributed by atoms with E-state index in [2.05, 4.69) is 9.88 Å². The standard InChI is InChI=1S/C23H29N3O4/c27-18-4-9-25(10-5-18)15-19-14-23(22(29)30-19)6-11-26(12-7-23)21(28)17-2-1-16-3-8-24-20(16)13-17/h1-3,8,13,18-19,24,27H,4-7,9-12,14-15H2. The number of aliphatic hydroxyl groups is 1. The molecule has 0 aliphatic carbocycles. The van der Waals surface area contributed by atoms with Crippen molar-refractivity contribution in [3.05, 3.63) is 36.0 Å². The van der Waals surface area contributed by atoms with Gasteiger partial charge in [-0.3, -0.25) is 14.5 Å². The Morgan fingerprint density at radius 2 is 1.93 bits per heavy atom. The first kappa shape index (κ1) is 19.6. The summed E-state index contributed by atoms with van der Waals surface area (Å²) in [6.07, 6.45) is 5.24. The van der Waals surface area contributed by atoms with Gasteiger partial charge in [0, 0.05) is 56.4 Å². The number of H-pyrrole nitrogens is 1. The molecule has 160 valence electrons. The summed E-state index contributed by atoms with van der Waals surface area (Å²) in [6.45, 7) is 3.63. The lowest BCUT2D eigenvalue weighted by molar-refractivity contribution is -0.151. The van der Waals surface area contributed by atoms with Crippen LogP contribution in [0.15, 0.2) is 30.5 Å². The minimum absolute atomic E-state index is 0.0242. The van der Waals surface area contributed by atoms with Crippen molar-refractivity contribution in [1.29, 1.82) is 0 Å². The Balaban J connectivity index is 1.19. The number of carbonyl (C=O) groups is 2. The average molecular weight is 412 g/mol. The number of carbonyl (C=O) groups excluding carboxylic acids is 2. The molecule has 3 fully saturated rings. The van der Waals surface area contributed by atoms with Crippen molar-refractivity contribution < 1.29 is 19.4 Å². The van der Waals surface area contributed by atoms with Crippen molar-refractivity contribution in [3.63, 3.8) is 0 Å². The molecule has 0 bridgehead atoms. The largest absolute Gasteiger partial charge is 0.461 e. The van der Waals surface area contributed by atoms with Gasteiger partial charge >= 0.3 is 5.97 Å². The number of aliphatic hydroxyl groups excluding tert-OH is 1. The van der Waals surface area contributed by atoms with Gasteiger partial charge in [0.05, 0.1) is 11.5 Å². The smallest absolute Gasteiger partial charge is 0.312 e. The fourth-order valence-corrected chi connectivity index (χ4v) is 5.24. The summed E-state index contributed by atoms with van der Waals surface area (Å²) in [4.78, 5) is 33.0. The summed E-state index contributed by atoms with van der Waals surface area (Å²) >= 11 is 0. The van der Waals surface area contributed by atoms with Crippen molar-refractivity contribution in [2.45, 2.75) is 44.3 Å². The minimum Gasteiger partial charge on any atom is -0.461 e. The van der Waals surface area contributed by atoms with Crippen LogP contribution in [0.4, 0.5) is 0 Å². The van der Waals surface area contributed by atoms with Crippen molar-refractivity contribution in [1.82, 2.24) is 14.8 Å². The number of rotatable bonds is 3. The molecule has 1 spiro atoms. The molecular weight excluding hydrogens is 382 g/mol. The van der Waals surface area contributed by atoms with E-state index in [0.29, 0.717) is 31.5 Å². The number of likely N-dealkylation sites (tertiary alicyclic amines) is 2. The zero-order valence-corrected chi connectivity index (χ0v) is 17.2. The van der Waals surface area contributed by atoms with Gasteiger partial charge in [-0.25, -0.2) is 0 Å². The van der Waals surface area contributed by atoms with Crippen molar-refractivity contribution in [3.8, 4) is 0 Å². The number of ether oxygens (including phenoxy) is 1. The molecule has 0 radical (unpaired) electrons. The highest BCUT2D eigenvalue weighted by molar-refractivity contribution is 5.98. The molecule has 1 amide bonds. The van der Waals surface area contributed by atoms with Gasteiger partial charge in [0.15, 0.2) is 0 Å². The lowest BCUT2D eigenvalue weighted by atomic mass is 9.76. The topological polar surface area (TPSA) is 85.9 Å². The maximum atomic E-state index is 13.0. The monoisotopic (exact) mass is 411 g/mol. The Kier molecular flexibility index (Phi) is 5.03. The summed E-state index contributed by atoms with van der Waals surface area (Å²) in [6, 6.07) is 7.72. The van der Waals surface area contributed by atoms with E-state index in [1.54, 1.807) is 0 Å². The van der Waals surface area contributed by atoms with Crippen LogP contribution in [-0.4, -0.2) is 76.7 Å². The van der Waals surface area contributed by atoms with Crippen LogP contribution in [-0.2, 0) is 9.53 Å². The molecule has 1 atom stereocenters. The molecule has 1 aromatic heterocycles. The zero-order valence-electron chi connectivity index (χ0n) is 17.2. The van der Waals surface area contributed by atoms with Gasteiger partial charge < -0.3 is 19.7 Å². The van der Waals surface area contributed by atoms with Gasteiger partial charge in [0.2, 0.25) is 0 Å².